The fourth-order valence-corrected chi connectivity index (χ4v) is 3.76. The van der Waals surface area contributed by atoms with Crippen molar-refractivity contribution in [3.63, 3.8) is 0 Å². The number of hydrogen-bond acceptors (Lipinski definition) is 4. The number of rotatable bonds is 3. The fraction of sp³-hybridized carbons (Fsp3) is 0.300. The number of nitrogens with zero attached hydrogens (tertiary/aromatic N) is 2. The fourth-order valence-electron chi connectivity index (χ4n) is 3.76. The molecule has 0 aliphatic heterocycles. The SMILES string of the molecule is Cc1cc2c(C(N)=O)c(N)c(-c3c(C)ccc(O)c3C)n2nc1C1CC1. The lowest BCUT2D eigenvalue weighted by atomic mass is 9.98. The summed E-state index contributed by atoms with van der Waals surface area (Å²) in [6.45, 7) is 5.77. The molecule has 3 aromatic rings. The molecule has 0 unspecified atom stereocenters. The first kappa shape index (κ1) is 16.4. The Hall–Kier alpha value is -3.02. The monoisotopic (exact) mass is 350 g/mol. The van der Waals surface area contributed by atoms with Crippen LogP contribution in [0.25, 0.3) is 16.8 Å². The van der Waals surface area contributed by atoms with Crippen molar-refractivity contribution >= 4 is 17.1 Å². The van der Waals surface area contributed by atoms with E-state index in [9.17, 15) is 9.90 Å². The molecule has 0 saturated heterocycles. The van der Waals surface area contributed by atoms with E-state index in [0.29, 0.717) is 28.4 Å². The molecule has 1 saturated carbocycles. The lowest BCUT2D eigenvalue weighted by Gasteiger charge is -2.13. The standard InChI is InChI=1S/C20H22N4O2/c1-9-4-7-14(25)11(3)15(9)19-17(21)16(20(22)26)13-8-10(2)18(12-5-6-12)23-24(13)19/h4,7-8,12,25H,5-6,21H2,1-3H3,(H2,22,26). The summed E-state index contributed by atoms with van der Waals surface area (Å²) < 4.78 is 1.73. The third-order valence-corrected chi connectivity index (χ3v) is 5.28. The van der Waals surface area contributed by atoms with E-state index in [1.165, 1.54) is 0 Å². The summed E-state index contributed by atoms with van der Waals surface area (Å²) in [7, 11) is 0. The van der Waals surface area contributed by atoms with Gasteiger partial charge in [-0.25, -0.2) is 4.52 Å². The van der Waals surface area contributed by atoms with Crippen LogP contribution in [0.15, 0.2) is 18.2 Å². The highest BCUT2D eigenvalue weighted by Gasteiger charge is 2.30. The van der Waals surface area contributed by atoms with Crippen LogP contribution in [0.3, 0.4) is 0 Å². The molecule has 6 nitrogen and oxygen atoms in total. The predicted octanol–water partition coefficient (Wildman–Crippen LogP) is 3.19. The molecular formula is C20H22N4O2. The molecule has 134 valence electrons. The first-order valence-corrected chi connectivity index (χ1v) is 8.72. The third-order valence-electron chi connectivity index (χ3n) is 5.28. The van der Waals surface area contributed by atoms with Crippen molar-refractivity contribution in [2.24, 2.45) is 5.73 Å². The molecule has 4 rings (SSSR count). The summed E-state index contributed by atoms with van der Waals surface area (Å²) in [6.07, 6.45) is 2.25. The normalized spacial score (nSPS) is 14.1. The number of fused-ring (bicyclic) bond motifs is 1. The third kappa shape index (κ3) is 2.25. The largest absolute Gasteiger partial charge is 0.508 e. The molecule has 1 amide bonds. The predicted molar refractivity (Wildman–Crippen MR) is 101 cm³/mol. The molecule has 5 N–H and O–H groups in total. The van der Waals surface area contributed by atoms with E-state index >= 15 is 0 Å². The second-order valence-electron chi connectivity index (χ2n) is 7.19. The van der Waals surface area contributed by atoms with E-state index in [4.69, 9.17) is 16.6 Å². The van der Waals surface area contributed by atoms with Gasteiger partial charge >= 0.3 is 0 Å². The minimum absolute atomic E-state index is 0.176. The molecule has 1 aliphatic rings. The van der Waals surface area contributed by atoms with Gasteiger partial charge in [-0.1, -0.05) is 6.07 Å². The first-order valence-electron chi connectivity index (χ1n) is 8.72. The van der Waals surface area contributed by atoms with Crippen LogP contribution < -0.4 is 11.5 Å². The van der Waals surface area contributed by atoms with Gasteiger partial charge in [0, 0.05) is 17.0 Å². The number of anilines is 1. The Morgan fingerprint density at radius 1 is 1.23 bits per heavy atom. The van der Waals surface area contributed by atoms with Crippen LogP contribution >= 0.6 is 0 Å². The molecule has 26 heavy (non-hydrogen) atoms. The van der Waals surface area contributed by atoms with Crippen molar-refractivity contribution in [2.75, 3.05) is 5.73 Å². The zero-order valence-corrected chi connectivity index (χ0v) is 15.1. The lowest BCUT2D eigenvalue weighted by Crippen LogP contribution is -2.12. The van der Waals surface area contributed by atoms with Crippen LogP contribution in [0.1, 0.15) is 51.5 Å². The highest BCUT2D eigenvalue weighted by atomic mass is 16.3. The van der Waals surface area contributed by atoms with Crippen LogP contribution in [0.4, 0.5) is 5.69 Å². The highest BCUT2D eigenvalue weighted by molar-refractivity contribution is 6.09. The maximum atomic E-state index is 12.1. The Labute approximate surface area is 151 Å². The molecule has 0 atom stereocenters. The van der Waals surface area contributed by atoms with Crippen molar-refractivity contribution in [2.45, 2.75) is 39.5 Å². The molecule has 6 heteroatoms. The van der Waals surface area contributed by atoms with Crippen molar-refractivity contribution in [1.29, 1.82) is 0 Å². The topological polar surface area (TPSA) is 107 Å². The van der Waals surface area contributed by atoms with Crippen LogP contribution in [0.5, 0.6) is 5.75 Å². The van der Waals surface area contributed by atoms with Crippen molar-refractivity contribution in [1.82, 2.24) is 9.61 Å². The summed E-state index contributed by atoms with van der Waals surface area (Å²) in [4.78, 5) is 12.1. The number of hydrogen-bond donors (Lipinski definition) is 3. The number of nitrogen functional groups attached to an aromatic ring is 1. The second-order valence-corrected chi connectivity index (χ2v) is 7.19. The van der Waals surface area contributed by atoms with Gasteiger partial charge in [0.05, 0.1) is 28.2 Å². The number of primary amides is 1. The Kier molecular flexibility index (Phi) is 3.47. The summed E-state index contributed by atoms with van der Waals surface area (Å²) in [5.74, 6) is 0.0523. The lowest BCUT2D eigenvalue weighted by molar-refractivity contribution is 0.100. The summed E-state index contributed by atoms with van der Waals surface area (Å²) in [5.41, 5.74) is 18.3. The van der Waals surface area contributed by atoms with Crippen LogP contribution in [-0.2, 0) is 0 Å². The number of nitrogens with two attached hydrogens (primary N) is 2. The number of phenols is 1. The number of phenolic OH excluding ortho intramolecular Hbond substituents is 1. The summed E-state index contributed by atoms with van der Waals surface area (Å²) in [5, 5.41) is 15.0. The highest BCUT2D eigenvalue weighted by Crippen LogP contribution is 2.43. The zero-order chi connectivity index (χ0) is 18.7. The van der Waals surface area contributed by atoms with E-state index in [2.05, 4.69) is 0 Å². The second kappa shape index (κ2) is 5.49. The first-order chi connectivity index (χ1) is 12.3. The quantitative estimate of drug-likeness (QED) is 0.674. The van der Waals surface area contributed by atoms with Gasteiger partial charge in [0.15, 0.2) is 0 Å². The minimum Gasteiger partial charge on any atom is -0.508 e. The molecule has 0 bridgehead atoms. The van der Waals surface area contributed by atoms with E-state index in [-0.39, 0.29) is 11.3 Å². The van der Waals surface area contributed by atoms with Gasteiger partial charge in [0.2, 0.25) is 0 Å². The molecule has 0 spiro atoms. The number of benzene rings is 1. The van der Waals surface area contributed by atoms with E-state index in [1.54, 1.807) is 10.6 Å². The Bertz CT molecular complexity index is 1080. The molecular weight excluding hydrogens is 328 g/mol. The number of carbonyl (C=O) groups excluding carboxylic acids is 1. The average molecular weight is 350 g/mol. The van der Waals surface area contributed by atoms with Gasteiger partial charge in [-0.05, 0) is 56.9 Å². The van der Waals surface area contributed by atoms with Gasteiger partial charge in [-0.3, -0.25) is 4.79 Å². The molecule has 2 aromatic heterocycles. The van der Waals surface area contributed by atoms with Gasteiger partial charge in [0.25, 0.3) is 5.91 Å². The van der Waals surface area contributed by atoms with Crippen molar-refractivity contribution in [3.05, 3.63) is 46.1 Å². The van der Waals surface area contributed by atoms with Crippen LogP contribution in [0.2, 0.25) is 0 Å². The number of amides is 1. The van der Waals surface area contributed by atoms with Gasteiger partial charge in [-0.15, -0.1) is 0 Å². The van der Waals surface area contributed by atoms with Gasteiger partial charge < -0.3 is 16.6 Å². The smallest absolute Gasteiger partial charge is 0.253 e. The number of aromatic hydroxyl groups is 1. The van der Waals surface area contributed by atoms with E-state index in [1.807, 2.05) is 32.9 Å². The van der Waals surface area contributed by atoms with Gasteiger partial charge in [-0.2, -0.15) is 5.10 Å². The molecule has 1 aromatic carbocycles. The van der Waals surface area contributed by atoms with E-state index < -0.39 is 5.91 Å². The van der Waals surface area contributed by atoms with Crippen molar-refractivity contribution < 1.29 is 9.90 Å². The number of carbonyl (C=O) groups is 1. The molecule has 0 radical (unpaired) electrons. The Morgan fingerprint density at radius 2 is 1.92 bits per heavy atom. The van der Waals surface area contributed by atoms with Gasteiger partial charge in [0.1, 0.15) is 5.75 Å². The van der Waals surface area contributed by atoms with Crippen LogP contribution in [0, 0.1) is 20.8 Å². The minimum atomic E-state index is -0.581. The Balaban J connectivity index is 2.16. The number of aromatic nitrogens is 2. The molecule has 1 aliphatic carbocycles. The van der Waals surface area contributed by atoms with E-state index in [0.717, 1.165) is 35.2 Å². The van der Waals surface area contributed by atoms with Crippen molar-refractivity contribution in [3.8, 4) is 17.0 Å². The maximum absolute atomic E-state index is 12.1. The summed E-state index contributed by atoms with van der Waals surface area (Å²) >= 11 is 0. The Morgan fingerprint density at radius 3 is 2.54 bits per heavy atom. The maximum Gasteiger partial charge on any atom is 0.253 e. The summed E-state index contributed by atoms with van der Waals surface area (Å²) in [6, 6.07) is 5.42. The molecule has 1 fully saturated rings. The average Bonchev–Trinajstić information content (AvgIpc) is 3.37. The van der Waals surface area contributed by atoms with Crippen LogP contribution in [-0.4, -0.2) is 20.6 Å². The number of aryl methyl sites for hydroxylation is 2. The zero-order valence-electron chi connectivity index (χ0n) is 15.1. The molecule has 2 heterocycles.